The highest BCUT2D eigenvalue weighted by Gasteiger charge is 2.23. The molecule has 1 aliphatic rings. The van der Waals surface area contributed by atoms with Crippen LogP contribution < -0.4 is 5.73 Å². The van der Waals surface area contributed by atoms with Gasteiger partial charge >= 0.3 is 0 Å². The maximum absolute atomic E-state index is 5.97. The monoisotopic (exact) mass is 211 g/mol. The van der Waals surface area contributed by atoms with Crippen molar-refractivity contribution >= 4 is 5.96 Å². The lowest BCUT2D eigenvalue weighted by Crippen LogP contribution is -2.44. The third kappa shape index (κ3) is 3.73. The predicted octanol–water partition coefficient (Wildman–Crippen LogP) is 2.22. The maximum Gasteiger partial charge on any atom is 0.191 e. The number of rotatable bonds is 2. The molecular formula is C12H25N3. The molecule has 1 fully saturated rings. The van der Waals surface area contributed by atoms with Crippen LogP contribution in [0.15, 0.2) is 4.99 Å². The highest BCUT2D eigenvalue weighted by molar-refractivity contribution is 5.78. The Bertz CT molecular complexity index is 223. The fourth-order valence-corrected chi connectivity index (χ4v) is 2.30. The van der Waals surface area contributed by atoms with E-state index in [9.17, 15) is 0 Å². The molecule has 0 aromatic rings. The van der Waals surface area contributed by atoms with E-state index in [1.165, 1.54) is 25.7 Å². The van der Waals surface area contributed by atoms with E-state index in [0.29, 0.717) is 12.0 Å². The van der Waals surface area contributed by atoms with Crippen LogP contribution in [0.5, 0.6) is 0 Å². The Morgan fingerprint density at radius 3 is 2.60 bits per heavy atom. The van der Waals surface area contributed by atoms with Crippen molar-refractivity contribution in [2.24, 2.45) is 16.6 Å². The standard InChI is InChI=1S/C12H25N3/c1-9(2)14-12(13)15(4)11-7-5-6-10(3)8-11/h9-11H,5-8H2,1-4H3,(H2,13,14). The van der Waals surface area contributed by atoms with Gasteiger partial charge in [-0.25, -0.2) is 0 Å². The Morgan fingerprint density at radius 1 is 1.40 bits per heavy atom. The molecule has 0 aromatic heterocycles. The van der Waals surface area contributed by atoms with Gasteiger partial charge in [-0.15, -0.1) is 0 Å². The third-order valence-corrected chi connectivity index (χ3v) is 3.21. The topological polar surface area (TPSA) is 41.6 Å². The van der Waals surface area contributed by atoms with E-state index in [4.69, 9.17) is 5.73 Å². The maximum atomic E-state index is 5.97. The van der Waals surface area contributed by atoms with Gasteiger partial charge in [-0.1, -0.05) is 19.8 Å². The quantitative estimate of drug-likeness (QED) is 0.562. The highest BCUT2D eigenvalue weighted by Crippen LogP contribution is 2.26. The van der Waals surface area contributed by atoms with Crippen LogP contribution in [-0.2, 0) is 0 Å². The molecule has 0 aliphatic heterocycles. The zero-order chi connectivity index (χ0) is 11.4. The van der Waals surface area contributed by atoms with Crippen molar-refractivity contribution in [1.29, 1.82) is 0 Å². The summed E-state index contributed by atoms with van der Waals surface area (Å²) < 4.78 is 0. The molecule has 0 spiro atoms. The molecular weight excluding hydrogens is 186 g/mol. The van der Waals surface area contributed by atoms with Gasteiger partial charge in [0.25, 0.3) is 0 Å². The van der Waals surface area contributed by atoms with Crippen LogP contribution in [0.2, 0.25) is 0 Å². The second kappa shape index (κ2) is 5.38. The second-order valence-electron chi connectivity index (χ2n) is 5.12. The molecule has 3 heteroatoms. The van der Waals surface area contributed by atoms with Crippen LogP contribution in [-0.4, -0.2) is 30.0 Å². The minimum absolute atomic E-state index is 0.286. The summed E-state index contributed by atoms with van der Waals surface area (Å²) in [5.74, 6) is 1.53. The first-order chi connectivity index (χ1) is 7.00. The Morgan fingerprint density at radius 2 is 2.07 bits per heavy atom. The summed E-state index contributed by atoms with van der Waals surface area (Å²) in [6.45, 7) is 6.45. The fourth-order valence-electron chi connectivity index (χ4n) is 2.30. The largest absolute Gasteiger partial charge is 0.370 e. The van der Waals surface area contributed by atoms with E-state index < -0.39 is 0 Å². The number of guanidine groups is 1. The summed E-state index contributed by atoms with van der Waals surface area (Å²) >= 11 is 0. The molecule has 1 saturated carbocycles. The lowest BCUT2D eigenvalue weighted by atomic mass is 9.86. The molecule has 88 valence electrons. The average Bonchev–Trinajstić information content (AvgIpc) is 2.15. The molecule has 1 rings (SSSR count). The van der Waals surface area contributed by atoms with Crippen LogP contribution >= 0.6 is 0 Å². The van der Waals surface area contributed by atoms with E-state index in [0.717, 1.165) is 5.92 Å². The van der Waals surface area contributed by atoms with Gasteiger partial charge in [-0.2, -0.15) is 0 Å². The zero-order valence-corrected chi connectivity index (χ0v) is 10.5. The Balaban J connectivity index is 2.55. The SMILES string of the molecule is CC1CCCC(N(C)C(N)=NC(C)C)C1. The number of aliphatic imine (C=N–C) groups is 1. The normalized spacial score (nSPS) is 28.2. The van der Waals surface area contributed by atoms with Crippen LogP contribution in [0.3, 0.4) is 0 Å². The van der Waals surface area contributed by atoms with E-state index in [2.05, 4.69) is 37.7 Å². The van der Waals surface area contributed by atoms with Crippen LogP contribution in [0.25, 0.3) is 0 Å². The summed E-state index contributed by atoms with van der Waals surface area (Å²) in [6.07, 6.45) is 5.21. The first kappa shape index (κ1) is 12.3. The van der Waals surface area contributed by atoms with Crippen LogP contribution in [0, 0.1) is 5.92 Å². The molecule has 0 heterocycles. The van der Waals surface area contributed by atoms with E-state index in [-0.39, 0.29) is 6.04 Å². The molecule has 0 amide bonds. The molecule has 3 nitrogen and oxygen atoms in total. The lowest BCUT2D eigenvalue weighted by Gasteiger charge is -2.34. The minimum atomic E-state index is 0.286. The molecule has 2 N–H and O–H groups in total. The van der Waals surface area contributed by atoms with Crippen molar-refractivity contribution < 1.29 is 0 Å². The fraction of sp³-hybridized carbons (Fsp3) is 0.917. The third-order valence-electron chi connectivity index (χ3n) is 3.21. The van der Waals surface area contributed by atoms with Gasteiger partial charge < -0.3 is 10.6 Å². The van der Waals surface area contributed by atoms with Crippen LogP contribution in [0.1, 0.15) is 46.5 Å². The molecule has 0 aromatic carbocycles. The van der Waals surface area contributed by atoms with Crippen LogP contribution in [0.4, 0.5) is 0 Å². The smallest absolute Gasteiger partial charge is 0.191 e. The summed E-state index contributed by atoms with van der Waals surface area (Å²) in [5.41, 5.74) is 5.97. The van der Waals surface area contributed by atoms with Gasteiger partial charge in [0.1, 0.15) is 0 Å². The van der Waals surface area contributed by atoms with E-state index in [1.54, 1.807) is 0 Å². The molecule has 1 aliphatic carbocycles. The molecule has 0 saturated heterocycles. The van der Waals surface area contributed by atoms with Gasteiger partial charge in [0.2, 0.25) is 0 Å². The number of hydrogen-bond donors (Lipinski definition) is 1. The van der Waals surface area contributed by atoms with Gasteiger partial charge in [-0.3, -0.25) is 4.99 Å². The molecule has 0 bridgehead atoms. The van der Waals surface area contributed by atoms with E-state index in [1.807, 2.05) is 0 Å². The van der Waals surface area contributed by atoms with Crippen molar-refractivity contribution in [3.63, 3.8) is 0 Å². The summed E-state index contributed by atoms with van der Waals surface area (Å²) in [5, 5.41) is 0. The highest BCUT2D eigenvalue weighted by atomic mass is 15.3. The van der Waals surface area contributed by atoms with Gasteiger partial charge in [0, 0.05) is 19.1 Å². The number of hydrogen-bond acceptors (Lipinski definition) is 1. The van der Waals surface area contributed by atoms with Crippen molar-refractivity contribution in [3.05, 3.63) is 0 Å². The molecule has 2 unspecified atom stereocenters. The van der Waals surface area contributed by atoms with Crippen molar-refractivity contribution in [1.82, 2.24) is 4.90 Å². The molecule has 15 heavy (non-hydrogen) atoms. The Hall–Kier alpha value is -0.730. The predicted molar refractivity (Wildman–Crippen MR) is 65.9 cm³/mol. The summed E-state index contributed by atoms with van der Waals surface area (Å²) in [7, 11) is 2.07. The lowest BCUT2D eigenvalue weighted by molar-refractivity contribution is 0.229. The minimum Gasteiger partial charge on any atom is -0.370 e. The van der Waals surface area contributed by atoms with Gasteiger partial charge in [-0.05, 0) is 32.6 Å². The molecule has 2 atom stereocenters. The Kier molecular flexibility index (Phi) is 4.43. The first-order valence-electron chi connectivity index (χ1n) is 6.06. The zero-order valence-electron chi connectivity index (χ0n) is 10.5. The van der Waals surface area contributed by atoms with Gasteiger partial charge in [0.15, 0.2) is 5.96 Å². The average molecular weight is 211 g/mol. The van der Waals surface area contributed by atoms with E-state index >= 15 is 0 Å². The van der Waals surface area contributed by atoms with Crippen molar-refractivity contribution in [2.75, 3.05) is 7.05 Å². The summed E-state index contributed by atoms with van der Waals surface area (Å²) in [6, 6.07) is 0.879. The number of nitrogens with zero attached hydrogens (tertiary/aromatic N) is 2. The molecule has 0 radical (unpaired) electrons. The second-order valence-corrected chi connectivity index (χ2v) is 5.12. The first-order valence-corrected chi connectivity index (χ1v) is 6.06. The van der Waals surface area contributed by atoms with Gasteiger partial charge in [0.05, 0.1) is 0 Å². The van der Waals surface area contributed by atoms with Crippen molar-refractivity contribution in [3.8, 4) is 0 Å². The summed E-state index contributed by atoms with van der Waals surface area (Å²) in [4.78, 5) is 6.56. The Labute approximate surface area is 93.7 Å². The number of nitrogens with two attached hydrogens (primary N) is 1. The van der Waals surface area contributed by atoms with Crippen molar-refractivity contribution in [2.45, 2.75) is 58.5 Å².